The van der Waals surface area contributed by atoms with Crippen molar-refractivity contribution in [2.75, 3.05) is 0 Å². The fourth-order valence-electron chi connectivity index (χ4n) is 6.40. The number of rotatable bonds is 4. The second kappa shape index (κ2) is 9.15. The van der Waals surface area contributed by atoms with Crippen LogP contribution in [0.4, 0.5) is 0 Å². The average molecular weight is 515 g/mol. The molecule has 0 unspecified atom stereocenters. The van der Waals surface area contributed by atoms with Gasteiger partial charge in [-0.15, -0.1) is 0 Å². The van der Waals surface area contributed by atoms with Gasteiger partial charge in [0.1, 0.15) is 0 Å². The van der Waals surface area contributed by atoms with E-state index < -0.39 is 0 Å². The van der Waals surface area contributed by atoms with Crippen LogP contribution in [-0.2, 0) is 12.8 Å². The summed E-state index contributed by atoms with van der Waals surface area (Å²) in [6, 6.07) is 49.2. The number of benzene rings is 6. The maximum Gasteiger partial charge on any atom is 0.0122 e. The molecule has 0 saturated carbocycles. The molecule has 0 aromatic heterocycles. The van der Waals surface area contributed by atoms with Gasteiger partial charge < -0.3 is 0 Å². The first kappa shape index (κ1) is 22.6. The first-order valence-corrected chi connectivity index (χ1v) is 14.4. The molecule has 0 aliphatic heterocycles. The predicted molar refractivity (Wildman–Crippen MR) is 164 cm³/mol. The van der Waals surface area contributed by atoms with E-state index in [-0.39, 0.29) is 0 Å². The van der Waals surface area contributed by atoms with Crippen LogP contribution in [0.2, 0.25) is 0 Å². The monoisotopic (exact) mass is 514 g/mol. The van der Waals surface area contributed by atoms with Crippen LogP contribution in [0, 0.1) is 0 Å². The van der Waals surface area contributed by atoms with Crippen molar-refractivity contribution in [3.8, 4) is 44.5 Å². The molecule has 2 aliphatic carbocycles. The lowest BCUT2D eigenvalue weighted by molar-refractivity contribution is 1.26. The minimum absolute atomic E-state index is 1.02. The summed E-state index contributed by atoms with van der Waals surface area (Å²) in [5.74, 6) is 0. The predicted octanol–water partition coefficient (Wildman–Crippen LogP) is 10.3. The summed E-state index contributed by atoms with van der Waals surface area (Å²) in [7, 11) is 0. The van der Waals surface area contributed by atoms with Crippen LogP contribution in [0.3, 0.4) is 0 Å². The van der Waals surface area contributed by atoms with Crippen LogP contribution in [0.5, 0.6) is 0 Å². The van der Waals surface area contributed by atoms with E-state index in [0.29, 0.717) is 0 Å². The van der Waals surface area contributed by atoms with Crippen molar-refractivity contribution in [3.05, 3.63) is 156 Å². The third kappa shape index (κ3) is 3.85. The van der Waals surface area contributed by atoms with Gasteiger partial charge in [0.05, 0.1) is 0 Å². The molecule has 0 heterocycles. The lowest BCUT2D eigenvalue weighted by atomic mass is 9.96. The van der Waals surface area contributed by atoms with Crippen LogP contribution in [0.15, 0.2) is 143 Å². The zero-order valence-electron chi connectivity index (χ0n) is 21.5. The average Bonchev–Trinajstić information content (AvgIpc) is 3.57. The van der Waals surface area contributed by atoms with Crippen molar-refractivity contribution < 1.29 is 0 Å². The van der Waals surface area contributed by atoms with Gasteiger partial charge in [-0.25, -0.2) is 0 Å². The molecule has 0 radical (unpaired) electrons. The Bertz CT molecular complexity index is 1720. The SMILES string of the molecule is c1ccc2c(c1)Cc1c(-c3ccc(Sc4ccc(-c5cccc6c5Cc5ccccc5-6)cc4)cc3)cccc1-2. The zero-order valence-corrected chi connectivity index (χ0v) is 22.3. The lowest BCUT2D eigenvalue weighted by Gasteiger charge is -2.11. The van der Waals surface area contributed by atoms with Crippen LogP contribution in [0.1, 0.15) is 22.3 Å². The van der Waals surface area contributed by atoms with Crippen molar-refractivity contribution in [2.45, 2.75) is 22.6 Å². The van der Waals surface area contributed by atoms with E-state index in [9.17, 15) is 0 Å². The van der Waals surface area contributed by atoms with Gasteiger partial charge in [-0.2, -0.15) is 0 Å². The highest BCUT2D eigenvalue weighted by atomic mass is 32.2. The highest BCUT2D eigenvalue weighted by molar-refractivity contribution is 7.99. The molecule has 6 aromatic carbocycles. The molecule has 39 heavy (non-hydrogen) atoms. The van der Waals surface area contributed by atoms with Crippen LogP contribution >= 0.6 is 11.8 Å². The van der Waals surface area contributed by atoms with Gasteiger partial charge >= 0.3 is 0 Å². The number of hydrogen-bond acceptors (Lipinski definition) is 1. The first-order chi connectivity index (χ1) is 19.3. The maximum atomic E-state index is 2.28. The van der Waals surface area contributed by atoms with Crippen molar-refractivity contribution in [2.24, 2.45) is 0 Å². The smallest absolute Gasteiger partial charge is 0.0122 e. The van der Waals surface area contributed by atoms with Gasteiger partial charge in [0.2, 0.25) is 0 Å². The van der Waals surface area contributed by atoms with E-state index in [2.05, 4.69) is 133 Å². The molecule has 0 atom stereocenters. The maximum absolute atomic E-state index is 2.28. The molecule has 0 saturated heterocycles. The molecule has 0 fully saturated rings. The molecule has 0 spiro atoms. The summed E-state index contributed by atoms with van der Waals surface area (Å²) in [6.07, 6.45) is 2.03. The number of hydrogen-bond donors (Lipinski definition) is 0. The van der Waals surface area contributed by atoms with Crippen molar-refractivity contribution >= 4 is 11.8 Å². The summed E-state index contributed by atoms with van der Waals surface area (Å²) >= 11 is 1.83. The molecular formula is C38H26S. The van der Waals surface area contributed by atoms with E-state index in [1.165, 1.54) is 76.6 Å². The minimum Gasteiger partial charge on any atom is -0.0901 e. The third-order valence-electron chi connectivity index (χ3n) is 8.27. The molecular weight excluding hydrogens is 488 g/mol. The molecule has 2 aliphatic rings. The molecule has 6 aromatic rings. The summed E-state index contributed by atoms with van der Waals surface area (Å²) < 4.78 is 0. The fourth-order valence-corrected chi connectivity index (χ4v) is 7.21. The molecule has 1 heteroatoms. The summed E-state index contributed by atoms with van der Waals surface area (Å²) in [4.78, 5) is 2.52. The Kier molecular flexibility index (Phi) is 5.31. The van der Waals surface area contributed by atoms with E-state index in [4.69, 9.17) is 0 Å². The molecule has 184 valence electrons. The largest absolute Gasteiger partial charge is 0.0901 e. The highest BCUT2D eigenvalue weighted by Crippen LogP contribution is 2.43. The second-order valence-corrected chi connectivity index (χ2v) is 11.6. The lowest BCUT2D eigenvalue weighted by Crippen LogP contribution is -1.88. The van der Waals surface area contributed by atoms with E-state index in [0.717, 1.165) is 12.8 Å². The van der Waals surface area contributed by atoms with Gasteiger partial charge in [0, 0.05) is 9.79 Å². The summed E-state index contributed by atoms with van der Waals surface area (Å²) in [5.41, 5.74) is 16.6. The molecule has 8 rings (SSSR count). The van der Waals surface area contributed by atoms with Gasteiger partial charge in [0.25, 0.3) is 0 Å². The Balaban J connectivity index is 1.03. The van der Waals surface area contributed by atoms with Crippen LogP contribution < -0.4 is 0 Å². The Morgan fingerprint density at radius 1 is 0.333 bits per heavy atom. The van der Waals surface area contributed by atoms with Gasteiger partial charge in [-0.05, 0) is 104 Å². The quantitative estimate of drug-likeness (QED) is 0.225. The van der Waals surface area contributed by atoms with Crippen LogP contribution in [0.25, 0.3) is 44.5 Å². The van der Waals surface area contributed by atoms with Crippen molar-refractivity contribution in [1.29, 1.82) is 0 Å². The van der Waals surface area contributed by atoms with Crippen molar-refractivity contribution in [1.82, 2.24) is 0 Å². The Labute approximate surface area is 234 Å². The highest BCUT2D eigenvalue weighted by Gasteiger charge is 2.22. The van der Waals surface area contributed by atoms with Crippen LogP contribution in [-0.4, -0.2) is 0 Å². The normalized spacial score (nSPS) is 12.5. The second-order valence-electron chi connectivity index (χ2n) is 10.5. The molecule has 0 bridgehead atoms. The third-order valence-corrected chi connectivity index (χ3v) is 9.28. The molecule has 0 amide bonds. The minimum atomic E-state index is 1.02. The topological polar surface area (TPSA) is 0 Å². The van der Waals surface area contributed by atoms with Gasteiger partial charge in [-0.1, -0.05) is 121 Å². The Morgan fingerprint density at radius 3 is 1.18 bits per heavy atom. The van der Waals surface area contributed by atoms with E-state index in [1.54, 1.807) is 0 Å². The van der Waals surface area contributed by atoms with Crippen molar-refractivity contribution in [3.63, 3.8) is 0 Å². The summed E-state index contributed by atoms with van der Waals surface area (Å²) in [5, 5.41) is 0. The zero-order chi connectivity index (χ0) is 25.8. The number of fused-ring (bicyclic) bond motifs is 6. The van der Waals surface area contributed by atoms with Gasteiger partial charge in [0.15, 0.2) is 0 Å². The summed E-state index contributed by atoms with van der Waals surface area (Å²) in [6.45, 7) is 0. The molecule has 0 nitrogen and oxygen atoms in total. The van der Waals surface area contributed by atoms with E-state index >= 15 is 0 Å². The first-order valence-electron chi connectivity index (χ1n) is 13.6. The fraction of sp³-hybridized carbons (Fsp3) is 0.0526. The standard InChI is InChI=1S/C38H26S/c1-3-9-33-27(7-1)23-37-31(11-5-13-35(33)37)25-15-19-29(20-16-25)39-30-21-17-26(18-22-30)32-12-6-14-36-34-10-4-2-8-28(34)24-38(32)36/h1-22H,23-24H2. The Hall–Kier alpha value is -4.33. The van der Waals surface area contributed by atoms with Gasteiger partial charge in [-0.3, -0.25) is 0 Å². The molecule has 0 N–H and O–H groups in total. The van der Waals surface area contributed by atoms with E-state index in [1.807, 2.05) is 11.8 Å². The Morgan fingerprint density at radius 2 is 0.718 bits per heavy atom.